The number of para-hydroxylation sites is 1. The summed E-state index contributed by atoms with van der Waals surface area (Å²) in [5.41, 5.74) is 8.13. The Hall–Kier alpha value is -4.82. The SMILES string of the molecule is CN(c1ccc(N(c2ccccc2)c2ccc3ccccc3c2)cc1)c1cccc(-c2ccccc2)c1. The van der Waals surface area contributed by atoms with Crippen molar-refractivity contribution in [1.82, 2.24) is 0 Å². The molecule has 6 aromatic carbocycles. The molecule has 0 saturated carbocycles. The molecule has 0 aromatic heterocycles. The van der Waals surface area contributed by atoms with Gasteiger partial charge < -0.3 is 9.80 Å². The molecule has 0 aliphatic rings. The van der Waals surface area contributed by atoms with Gasteiger partial charge in [-0.15, -0.1) is 0 Å². The molecule has 2 nitrogen and oxygen atoms in total. The van der Waals surface area contributed by atoms with Crippen molar-refractivity contribution in [3.05, 3.63) is 152 Å². The van der Waals surface area contributed by atoms with Crippen LogP contribution in [0.25, 0.3) is 21.9 Å². The fraction of sp³-hybridized carbons (Fsp3) is 0.0286. The van der Waals surface area contributed by atoms with Crippen LogP contribution in [0.1, 0.15) is 0 Å². The summed E-state index contributed by atoms with van der Waals surface area (Å²) in [6, 6.07) is 53.7. The van der Waals surface area contributed by atoms with E-state index < -0.39 is 0 Å². The maximum atomic E-state index is 2.31. The average Bonchev–Trinajstić information content (AvgIpc) is 2.98. The van der Waals surface area contributed by atoms with E-state index in [9.17, 15) is 0 Å². The normalized spacial score (nSPS) is 10.8. The van der Waals surface area contributed by atoms with Crippen molar-refractivity contribution in [2.45, 2.75) is 0 Å². The van der Waals surface area contributed by atoms with Crippen molar-refractivity contribution in [2.24, 2.45) is 0 Å². The number of fused-ring (bicyclic) bond motifs is 1. The maximum absolute atomic E-state index is 2.31. The zero-order chi connectivity index (χ0) is 25.0. The molecule has 0 atom stereocenters. The number of hydrogen-bond donors (Lipinski definition) is 0. The van der Waals surface area contributed by atoms with E-state index in [0.29, 0.717) is 0 Å². The molecule has 0 unspecified atom stereocenters. The first-order valence-electron chi connectivity index (χ1n) is 12.6. The van der Waals surface area contributed by atoms with E-state index in [2.05, 4.69) is 169 Å². The van der Waals surface area contributed by atoms with Crippen LogP contribution in [-0.2, 0) is 0 Å². The third-order valence-corrected chi connectivity index (χ3v) is 6.84. The Balaban J connectivity index is 1.34. The van der Waals surface area contributed by atoms with E-state index >= 15 is 0 Å². The minimum atomic E-state index is 1.12. The van der Waals surface area contributed by atoms with Crippen molar-refractivity contribution in [2.75, 3.05) is 16.8 Å². The van der Waals surface area contributed by atoms with Crippen molar-refractivity contribution in [3.8, 4) is 11.1 Å². The van der Waals surface area contributed by atoms with Gasteiger partial charge in [-0.1, -0.05) is 91.0 Å². The van der Waals surface area contributed by atoms with Gasteiger partial charge in [0, 0.05) is 35.5 Å². The van der Waals surface area contributed by atoms with E-state index in [1.165, 1.54) is 21.9 Å². The summed E-state index contributed by atoms with van der Waals surface area (Å²) in [5.74, 6) is 0. The van der Waals surface area contributed by atoms with Crippen LogP contribution in [0, 0.1) is 0 Å². The van der Waals surface area contributed by atoms with Gasteiger partial charge in [0.1, 0.15) is 0 Å². The quantitative estimate of drug-likeness (QED) is 0.236. The van der Waals surface area contributed by atoms with E-state index in [-0.39, 0.29) is 0 Å². The van der Waals surface area contributed by atoms with Gasteiger partial charge in [0.2, 0.25) is 0 Å². The summed E-state index contributed by atoms with van der Waals surface area (Å²) >= 11 is 0. The molecule has 178 valence electrons. The Bertz CT molecular complexity index is 1620. The number of rotatable bonds is 6. The molecule has 0 aliphatic heterocycles. The number of benzene rings is 6. The molecule has 0 N–H and O–H groups in total. The third kappa shape index (κ3) is 4.70. The van der Waals surface area contributed by atoms with Crippen molar-refractivity contribution in [3.63, 3.8) is 0 Å². The van der Waals surface area contributed by atoms with Crippen LogP contribution in [0.15, 0.2) is 152 Å². The molecule has 2 heteroatoms. The third-order valence-electron chi connectivity index (χ3n) is 6.84. The molecule has 0 heterocycles. The highest BCUT2D eigenvalue weighted by atomic mass is 15.1. The number of nitrogens with zero attached hydrogens (tertiary/aromatic N) is 2. The van der Waals surface area contributed by atoms with Crippen LogP contribution in [0.5, 0.6) is 0 Å². The Labute approximate surface area is 218 Å². The summed E-state index contributed by atoms with van der Waals surface area (Å²) in [5, 5.41) is 2.48. The topological polar surface area (TPSA) is 6.48 Å². The van der Waals surface area contributed by atoms with E-state index in [1.807, 2.05) is 0 Å². The fourth-order valence-corrected chi connectivity index (χ4v) is 4.84. The monoisotopic (exact) mass is 476 g/mol. The first-order valence-corrected chi connectivity index (χ1v) is 12.6. The lowest BCUT2D eigenvalue weighted by Gasteiger charge is -2.27. The van der Waals surface area contributed by atoms with Gasteiger partial charge in [0.15, 0.2) is 0 Å². The Morgan fingerprint density at radius 1 is 0.351 bits per heavy atom. The van der Waals surface area contributed by atoms with Crippen LogP contribution >= 0.6 is 0 Å². The van der Waals surface area contributed by atoms with Crippen LogP contribution in [0.4, 0.5) is 28.4 Å². The van der Waals surface area contributed by atoms with Crippen LogP contribution in [0.3, 0.4) is 0 Å². The maximum Gasteiger partial charge on any atom is 0.0468 e. The minimum Gasteiger partial charge on any atom is -0.345 e. The lowest BCUT2D eigenvalue weighted by atomic mass is 10.0. The first kappa shape index (κ1) is 22.6. The zero-order valence-electron chi connectivity index (χ0n) is 20.8. The number of hydrogen-bond acceptors (Lipinski definition) is 2. The smallest absolute Gasteiger partial charge is 0.0468 e. The Morgan fingerprint density at radius 3 is 1.65 bits per heavy atom. The summed E-state index contributed by atoms with van der Waals surface area (Å²) in [6.45, 7) is 0. The summed E-state index contributed by atoms with van der Waals surface area (Å²) < 4.78 is 0. The Kier molecular flexibility index (Phi) is 6.14. The summed E-state index contributed by atoms with van der Waals surface area (Å²) in [7, 11) is 2.12. The van der Waals surface area contributed by atoms with Gasteiger partial charge in [-0.25, -0.2) is 0 Å². The number of anilines is 5. The predicted molar refractivity (Wildman–Crippen MR) is 159 cm³/mol. The molecule has 0 radical (unpaired) electrons. The van der Waals surface area contributed by atoms with Gasteiger partial charge in [0.05, 0.1) is 0 Å². The fourth-order valence-electron chi connectivity index (χ4n) is 4.84. The van der Waals surface area contributed by atoms with Gasteiger partial charge in [0.25, 0.3) is 0 Å². The second kappa shape index (κ2) is 10.0. The molecule has 37 heavy (non-hydrogen) atoms. The highest BCUT2D eigenvalue weighted by Crippen LogP contribution is 2.37. The lowest BCUT2D eigenvalue weighted by molar-refractivity contribution is 1.20. The highest BCUT2D eigenvalue weighted by molar-refractivity contribution is 5.89. The molecule has 0 saturated heterocycles. The summed E-state index contributed by atoms with van der Waals surface area (Å²) in [4.78, 5) is 4.55. The van der Waals surface area contributed by atoms with Crippen molar-refractivity contribution < 1.29 is 0 Å². The molecule has 0 spiro atoms. The Morgan fingerprint density at radius 2 is 0.892 bits per heavy atom. The second-order valence-corrected chi connectivity index (χ2v) is 9.19. The molecule has 0 aliphatic carbocycles. The van der Waals surface area contributed by atoms with Gasteiger partial charge >= 0.3 is 0 Å². The van der Waals surface area contributed by atoms with Gasteiger partial charge in [-0.3, -0.25) is 0 Å². The predicted octanol–water partition coefficient (Wildman–Crippen LogP) is 9.74. The first-order chi connectivity index (χ1) is 18.3. The minimum absolute atomic E-state index is 1.12. The van der Waals surface area contributed by atoms with Gasteiger partial charge in [-0.2, -0.15) is 0 Å². The second-order valence-electron chi connectivity index (χ2n) is 9.19. The largest absolute Gasteiger partial charge is 0.345 e. The highest BCUT2D eigenvalue weighted by Gasteiger charge is 2.14. The molecule has 6 rings (SSSR count). The lowest BCUT2D eigenvalue weighted by Crippen LogP contribution is -2.12. The average molecular weight is 477 g/mol. The van der Waals surface area contributed by atoms with Crippen molar-refractivity contribution in [1.29, 1.82) is 0 Å². The molecular formula is C35H28N2. The summed E-state index contributed by atoms with van der Waals surface area (Å²) in [6.07, 6.45) is 0. The standard InChI is InChI=1S/C35H28N2/c1-36(34-18-10-15-30(25-34)27-11-4-2-5-12-27)31-21-23-33(24-22-31)37(32-16-6-3-7-17-32)35-20-19-28-13-8-9-14-29(28)26-35/h2-26H,1H3. The van der Waals surface area contributed by atoms with Crippen LogP contribution < -0.4 is 9.80 Å². The van der Waals surface area contributed by atoms with E-state index in [1.54, 1.807) is 0 Å². The molecule has 6 aromatic rings. The van der Waals surface area contributed by atoms with Crippen LogP contribution in [-0.4, -0.2) is 7.05 Å². The van der Waals surface area contributed by atoms with Crippen molar-refractivity contribution >= 4 is 39.2 Å². The van der Waals surface area contributed by atoms with Crippen LogP contribution in [0.2, 0.25) is 0 Å². The van der Waals surface area contributed by atoms with Gasteiger partial charge in [-0.05, 0) is 82.6 Å². The van der Waals surface area contributed by atoms with E-state index in [4.69, 9.17) is 0 Å². The zero-order valence-corrected chi connectivity index (χ0v) is 20.8. The molecule has 0 bridgehead atoms. The molecular weight excluding hydrogens is 448 g/mol. The van der Waals surface area contributed by atoms with E-state index in [0.717, 1.165) is 28.4 Å². The molecule has 0 fully saturated rings. The molecule has 0 amide bonds.